The number of rotatable bonds is 5. The average molecular weight is 312 g/mol. The second-order valence-electron chi connectivity index (χ2n) is 4.51. The number of hydrogen-bond donors (Lipinski definition) is 1. The third-order valence-corrected chi connectivity index (χ3v) is 3.66. The van der Waals surface area contributed by atoms with E-state index in [-0.39, 0.29) is 17.3 Å². The van der Waals surface area contributed by atoms with E-state index in [4.69, 9.17) is 19.7 Å². The van der Waals surface area contributed by atoms with E-state index >= 15 is 0 Å². The van der Waals surface area contributed by atoms with Crippen molar-refractivity contribution in [1.29, 1.82) is 0 Å². The lowest BCUT2D eigenvalue weighted by Crippen LogP contribution is -2.02. The minimum Gasteiger partial charge on any atom is -0.493 e. The molecule has 1 aromatic carbocycles. The van der Waals surface area contributed by atoms with E-state index in [0.29, 0.717) is 22.6 Å². The van der Waals surface area contributed by atoms with Crippen LogP contribution in [-0.2, 0) is 15.6 Å². The Labute approximate surface area is 122 Å². The highest BCUT2D eigenvalue weighted by atomic mass is 32.2. The van der Waals surface area contributed by atoms with Gasteiger partial charge in [-0.3, -0.25) is 0 Å². The molecule has 2 N–H and O–H groups in total. The van der Waals surface area contributed by atoms with Crippen LogP contribution in [0.5, 0.6) is 11.5 Å². The first kappa shape index (κ1) is 15.2. The smallest absolute Gasteiger partial charge is 0.230 e. The molecule has 0 fully saturated rings. The number of sulfone groups is 1. The molecule has 0 aliphatic rings. The van der Waals surface area contributed by atoms with Crippen molar-refractivity contribution in [3.8, 4) is 22.6 Å². The summed E-state index contributed by atoms with van der Waals surface area (Å²) >= 11 is 0. The zero-order chi connectivity index (χ0) is 15.6. The lowest BCUT2D eigenvalue weighted by molar-refractivity contribution is 0.355. The van der Waals surface area contributed by atoms with Crippen LogP contribution in [0.1, 0.15) is 5.69 Å². The van der Waals surface area contributed by atoms with Crippen molar-refractivity contribution in [2.24, 2.45) is 0 Å². The molecule has 0 radical (unpaired) electrons. The van der Waals surface area contributed by atoms with Crippen LogP contribution in [0.3, 0.4) is 0 Å². The van der Waals surface area contributed by atoms with Gasteiger partial charge in [-0.05, 0) is 17.7 Å². The van der Waals surface area contributed by atoms with Crippen LogP contribution in [0, 0.1) is 0 Å². The minimum atomic E-state index is -3.26. The van der Waals surface area contributed by atoms with Gasteiger partial charge in [-0.25, -0.2) is 8.42 Å². The topological polar surface area (TPSA) is 105 Å². The van der Waals surface area contributed by atoms with Crippen LogP contribution in [0.4, 0.5) is 5.88 Å². The minimum absolute atomic E-state index is 0.0564. The molecule has 0 spiro atoms. The maximum atomic E-state index is 11.4. The van der Waals surface area contributed by atoms with Crippen molar-refractivity contribution < 1.29 is 22.4 Å². The molecule has 0 aliphatic carbocycles. The molecule has 0 saturated carbocycles. The van der Waals surface area contributed by atoms with E-state index in [9.17, 15) is 8.42 Å². The van der Waals surface area contributed by atoms with Gasteiger partial charge in [0.25, 0.3) is 0 Å². The number of ether oxygens (including phenoxy) is 2. The Hall–Kier alpha value is -2.22. The van der Waals surface area contributed by atoms with Crippen LogP contribution in [0.2, 0.25) is 0 Å². The number of nitrogens with zero attached hydrogens (tertiary/aromatic N) is 1. The Morgan fingerprint density at radius 2 is 1.90 bits per heavy atom. The van der Waals surface area contributed by atoms with E-state index < -0.39 is 9.84 Å². The fraction of sp³-hybridized carbons (Fsp3) is 0.308. The number of nitrogens with two attached hydrogens (primary N) is 1. The molecular formula is C13H16N2O5S. The second-order valence-corrected chi connectivity index (χ2v) is 6.65. The van der Waals surface area contributed by atoms with E-state index in [0.717, 1.165) is 6.26 Å². The summed E-state index contributed by atoms with van der Waals surface area (Å²) in [5.74, 6) is 0.861. The molecule has 0 aliphatic heterocycles. The Morgan fingerprint density at radius 3 is 2.48 bits per heavy atom. The first-order valence-corrected chi connectivity index (χ1v) is 8.06. The van der Waals surface area contributed by atoms with Crippen molar-refractivity contribution in [3.05, 3.63) is 23.9 Å². The van der Waals surface area contributed by atoms with Crippen molar-refractivity contribution in [2.75, 3.05) is 26.2 Å². The van der Waals surface area contributed by atoms with E-state index in [2.05, 4.69) is 5.16 Å². The van der Waals surface area contributed by atoms with Crippen molar-refractivity contribution in [1.82, 2.24) is 5.16 Å². The number of methoxy groups -OCH3 is 2. The van der Waals surface area contributed by atoms with Crippen LogP contribution in [-0.4, -0.2) is 34.0 Å². The van der Waals surface area contributed by atoms with Gasteiger partial charge < -0.3 is 19.7 Å². The van der Waals surface area contributed by atoms with Crippen molar-refractivity contribution in [3.63, 3.8) is 0 Å². The predicted octanol–water partition coefficient (Wildman–Crippen LogP) is 1.49. The van der Waals surface area contributed by atoms with E-state index in [1.165, 1.54) is 14.2 Å². The summed E-state index contributed by atoms with van der Waals surface area (Å²) in [5.41, 5.74) is 7.11. The van der Waals surface area contributed by atoms with Gasteiger partial charge in [0.2, 0.25) is 5.88 Å². The fourth-order valence-corrected chi connectivity index (χ4v) is 2.68. The molecule has 1 aromatic heterocycles. The largest absolute Gasteiger partial charge is 0.493 e. The van der Waals surface area contributed by atoms with Gasteiger partial charge in [-0.2, -0.15) is 0 Å². The molecule has 2 aromatic rings. The Bertz CT molecular complexity index is 752. The van der Waals surface area contributed by atoms with Gasteiger partial charge >= 0.3 is 0 Å². The van der Waals surface area contributed by atoms with Gasteiger partial charge in [0.1, 0.15) is 5.69 Å². The van der Waals surface area contributed by atoms with Gasteiger partial charge in [0.05, 0.1) is 25.5 Å². The summed E-state index contributed by atoms with van der Waals surface area (Å²) in [7, 11) is -0.219. The van der Waals surface area contributed by atoms with Crippen LogP contribution in [0.15, 0.2) is 22.7 Å². The third kappa shape index (κ3) is 3.27. The number of anilines is 1. The average Bonchev–Trinajstić information content (AvgIpc) is 2.76. The second kappa shape index (κ2) is 5.65. The van der Waals surface area contributed by atoms with Crippen molar-refractivity contribution >= 4 is 15.7 Å². The molecular weight excluding hydrogens is 296 g/mol. The molecule has 2 rings (SSSR count). The lowest BCUT2D eigenvalue weighted by atomic mass is 10.1. The quantitative estimate of drug-likeness (QED) is 0.891. The van der Waals surface area contributed by atoms with E-state index in [1.54, 1.807) is 18.2 Å². The molecule has 0 unspecified atom stereocenters. The monoisotopic (exact) mass is 312 g/mol. The SMILES string of the molecule is COc1ccc(-c2c(CS(C)(=O)=O)noc2N)cc1OC. The molecule has 0 bridgehead atoms. The predicted molar refractivity (Wildman–Crippen MR) is 78.0 cm³/mol. The highest BCUT2D eigenvalue weighted by Gasteiger charge is 2.20. The zero-order valence-corrected chi connectivity index (χ0v) is 12.7. The molecule has 0 saturated heterocycles. The van der Waals surface area contributed by atoms with Crippen LogP contribution < -0.4 is 15.2 Å². The first-order chi connectivity index (χ1) is 9.85. The molecule has 114 valence electrons. The van der Waals surface area contributed by atoms with Crippen molar-refractivity contribution in [2.45, 2.75) is 5.75 Å². The maximum Gasteiger partial charge on any atom is 0.230 e. The molecule has 21 heavy (non-hydrogen) atoms. The first-order valence-electron chi connectivity index (χ1n) is 6.00. The van der Waals surface area contributed by atoms with Gasteiger partial charge in [-0.1, -0.05) is 11.2 Å². The summed E-state index contributed by atoms with van der Waals surface area (Å²) < 4.78 is 38.2. The molecule has 8 heteroatoms. The Morgan fingerprint density at radius 1 is 1.24 bits per heavy atom. The number of aromatic nitrogens is 1. The zero-order valence-electron chi connectivity index (χ0n) is 11.9. The highest BCUT2D eigenvalue weighted by molar-refractivity contribution is 7.89. The van der Waals surface area contributed by atoms with Crippen LogP contribution in [0.25, 0.3) is 11.1 Å². The van der Waals surface area contributed by atoms with Gasteiger partial charge in [0.15, 0.2) is 21.3 Å². The van der Waals surface area contributed by atoms with Gasteiger partial charge in [0, 0.05) is 6.26 Å². The highest BCUT2D eigenvalue weighted by Crippen LogP contribution is 2.36. The maximum absolute atomic E-state index is 11.4. The number of hydrogen-bond acceptors (Lipinski definition) is 7. The molecule has 0 amide bonds. The summed E-state index contributed by atoms with van der Waals surface area (Å²) in [6, 6.07) is 5.12. The Balaban J connectivity index is 2.54. The number of nitrogen functional groups attached to an aromatic ring is 1. The Kier molecular flexibility index (Phi) is 4.08. The standard InChI is InChI=1S/C13H16N2O5S/c1-18-10-5-4-8(6-11(10)19-2)12-9(7-21(3,16)17)15-20-13(12)14/h4-6H,7,14H2,1-3H3. The number of benzene rings is 1. The summed E-state index contributed by atoms with van der Waals surface area (Å²) in [4.78, 5) is 0. The summed E-state index contributed by atoms with van der Waals surface area (Å²) in [6.45, 7) is 0. The summed E-state index contributed by atoms with van der Waals surface area (Å²) in [6.07, 6.45) is 1.12. The molecule has 7 nitrogen and oxygen atoms in total. The fourth-order valence-electron chi connectivity index (χ4n) is 1.99. The molecule has 0 atom stereocenters. The normalized spacial score (nSPS) is 11.4. The van der Waals surface area contributed by atoms with E-state index in [1.807, 2.05) is 0 Å². The molecule has 1 heterocycles. The van der Waals surface area contributed by atoms with Crippen LogP contribution >= 0.6 is 0 Å². The third-order valence-electron chi connectivity index (χ3n) is 2.86. The van der Waals surface area contributed by atoms with Gasteiger partial charge in [-0.15, -0.1) is 0 Å². The lowest BCUT2D eigenvalue weighted by Gasteiger charge is -2.09. The summed E-state index contributed by atoms with van der Waals surface area (Å²) in [5, 5.41) is 3.72.